The van der Waals surface area contributed by atoms with Crippen molar-refractivity contribution >= 4 is 38.8 Å². The summed E-state index contributed by atoms with van der Waals surface area (Å²) in [6, 6.07) is 17.8. The van der Waals surface area contributed by atoms with Gasteiger partial charge in [0, 0.05) is 11.1 Å². The molecule has 5 heteroatoms. The zero-order valence-corrected chi connectivity index (χ0v) is 13.5. The average Bonchev–Trinajstić information content (AvgIpc) is 3.06. The first-order valence-corrected chi connectivity index (χ1v) is 8.06. The quantitative estimate of drug-likeness (QED) is 0.437. The van der Waals surface area contributed by atoms with Gasteiger partial charge in [0.1, 0.15) is 5.71 Å². The SMILES string of the molecule is COC(=O)/C(Cc1ccccc1)=N/Nc1ccc2sccc2c1. The number of benzene rings is 2. The van der Waals surface area contributed by atoms with Crippen LogP contribution in [0.3, 0.4) is 0 Å². The molecule has 116 valence electrons. The zero-order valence-electron chi connectivity index (χ0n) is 12.7. The molecule has 0 unspecified atom stereocenters. The molecule has 4 nitrogen and oxygen atoms in total. The third-order valence-corrected chi connectivity index (χ3v) is 4.31. The molecule has 1 aromatic heterocycles. The van der Waals surface area contributed by atoms with E-state index in [-0.39, 0.29) is 0 Å². The molecule has 3 aromatic rings. The molecule has 0 saturated carbocycles. The fraction of sp³-hybridized carbons (Fsp3) is 0.111. The van der Waals surface area contributed by atoms with Crippen molar-refractivity contribution in [3.63, 3.8) is 0 Å². The maximum absolute atomic E-state index is 11.9. The van der Waals surface area contributed by atoms with Gasteiger partial charge in [-0.15, -0.1) is 11.3 Å². The van der Waals surface area contributed by atoms with Crippen LogP contribution < -0.4 is 5.43 Å². The van der Waals surface area contributed by atoms with Crippen molar-refractivity contribution in [2.45, 2.75) is 6.42 Å². The van der Waals surface area contributed by atoms with Gasteiger partial charge < -0.3 is 4.74 Å². The van der Waals surface area contributed by atoms with Gasteiger partial charge in [0.2, 0.25) is 0 Å². The third kappa shape index (κ3) is 3.76. The van der Waals surface area contributed by atoms with Crippen LogP contribution in [0, 0.1) is 0 Å². The number of carbonyl (C=O) groups excluding carboxylic acids is 1. The minimum absolute atomic E-state index is 0.337. The Balaban J connectivity index is 1.80. The highest BCUT2D eigenvalue weighted by Gasteiger charge is 2.12. The van der Waals surface area contributed by atoms with E-state index >= 15 is 0 Å². The molecule has 23 heavy (non-hydrogen) atoms. The molecule has 0 bridgehead atoms. The van der Waals surface area contributed by atoms with E-state index in [9.17, 15) is 4.79 Å². The first-order chi connectivity index (χ1) is 11.3. The van der Waals surface area contributed by atoms with Crippen molar-refractivity contribution in [1.82, 2.24) is 0 Å². The number of hydrazone groups is 1. The van der Waals surface area contributed by atoms with Gasteiger partial charge in [0.25, 0.3) is 0 Å². The van der Waals surface area contributed by atoms with Crippen LogP contribution in [0.5, 0.6) is 0 Å². The molecule has 0 atom stereocenters. The lowest BCUT2D eigenvalue weighted by Crippen LogP contribution is -2.20. The average molecular weight is 324 g/mol. The summed E-state index contributed by atoms with van der Waals surface area (Å²) >= 11 is 1.69. The first-order valence-electron chi connectivity index (χ1n) is 7.18. The molecule has 0 amide bonds. The van der Waals surface area contributed by atoms with Crippen LogP contribution in [-0.2, 0) is 16.0 Å². The molecule has 0 spiro atoms. The Bertz CT molecular complexity index is 840. The van der Waals surface area contributed by atoms with Gasteiger partial charge in [-0.3, -0.25) is 5.43 Å². The van der Waals surface area contributed by atoms with Crippen LogP contribution in [0.15, 0.2) is 65.1 Å². The van der Waals surface area contributed by atoms with Gasteiger partial charge in [0.15, 0.2) is 0 Å². The van der Waals surface area contributed by atoms with E-state index < -0.39 is 5.97 Å². The lowest BCUT2D eigenvalue weighted by molar-refractivity contribution is -0.132. The first kappa shape index (κ1) is 15.2. The Morgan fingerprint density at radius 2 is 2.00 bits per heavy atom. The molecule has 0 saturated heterocycles. The molecule has 0 aliphatic heterocycles. The number of anilines is 1. The van der Waals surface area contributed by atoms with Gasteiger partial charge in [0.05, 0.1) is 12.8 Å². The van der Waals surface area contributed by atoms with Crippen LogP contribution in [0.1, 0.15) is 5.56 Å². The topological polar surface area (TPSA) is 50.7 Å². The zero-order chi connectivity index (χ0) is 16.1. The van der Waals surface area contributed by atoms with Gasteiger partial charge in [-0.2, -0.15) is 5.10 Å². The van der Waals surface area contributed by atoms with Crippen LogP contribution in [0.4, 0.5) is 5.69 Å². The molecular weight excluding hydrogens is 308 g/mol. The Morgan fingerprint density at radius 1 is 1.17 bits per heavy atom. The minimum Gasteiger partial charge on any atom is -0.464 e. The largest absolute Gasteiger partial charge is 0.464 e. The van der Waals surface area contributed by atoms with Gasteiger partial charge in [-0.05, 0) is 40.6 Å². The highest BCUT2D eigenvalue weighted by Crippen LogP contribution is 2.24. The number of nitrogens with zero attached hydrogens (tertiary/aromatic N) is 1. The number of hydrogen-bond acceptors (Lipinski definition) is 5. The highest BCUT2D eigenvalue weighted by molar-refractivity contribution is 7.17. The Hall–Kier alpha value is -2.66. The molecule has 0 aliphatic carbocycles. The molecule has 2 aromatic carbocycles. The van der Waals surface area contributed by atoms with Crippen LogP contribution in [0.2, 0.25) is 0 Å². The molecule has 3 rings (SSSR count). The number of nitrogens with one attached hydrogen (secondary N) is 1. The summed E-state index contributed by atoms with van der Waals surface area (Å²) in [5, 5.41) is 7.45. The van der Waals surface area contributed by atoms with Crippen molar-refractivity contribution < 1.29 is 9.53 Å². The second-order valence-electron chi connectivity index (χ2n) is 5.00. The summed E-state index contributed by atoms with van der Waals surface area (Å²) < 4.78 is 6.04. The van der Waals surface area contributed by atoms with E-state index in [0.717, 1.165) is 16.6 Å². The maximum atomic E-state index is 11.9. The summed E-state index contributed by atoms with van der Waals surface area (Å²) in [7, 11) is 1.36. The normalized spacial score (nSPS) is 11.4. The van der Waals surface area contributed by atoms with Crippen molar-refractivity contribution in [3.8, 4) is 0 Å². The molecule has 0 fully saturated rings. The lowest BCUT2D eigenvalue weighted by Gasteiger charge is -2.06. The van der Waals surface area contributed by atoms with Crippen molar-refractivity contribution in [1.29, 1.82) is 0 Å². The third-order valence-electron chi connectivity index (χ3n) is 3.41. The second-order valence-corrected chi connectivity index (χ2v) is 5.95. The van der Waals surface area contributed by atoms with E-state index in [1.54, 1.807) is 11.3 Å². The number of esters is 1. The monoisotopic (exact) mass is 324 g/mol. The summed E-state index contributed by atoms with van der Waals surface area (Å²) in [6.07, 6.45) is 0.418. The number of methoxy groups -OCH3 is 1. The van der Waals surface area contributed by atoms with E-state index in [0.29, 0.717) is 12.1 Å². The van der Waals surface area contributed by atoms with Gasteiger partial charge >= 0.3 is 5.97 Å². The molecule has 1 heterocycles. The Kier molecular flexibility index (Phi) is 4.68. The molecule has 1 N–H and O–H groups in total. The summed E-state index contributed by atoms with van der Waals surface area (Å²) in [4.78, 5) is 11.9. The van der Waals surface area contributed by atoms with E-state index in [1.165, 1.54) is 11.8 Å². The number of fused-ring (bicyclic) bond motifs is 1. The lowest BCUT2D eigenvalue weighted by atomic mass is 10.1. The van der Waals surface area contributed by atoms with Gasteiger partial charge in [-0.1, -0.05) is 30.3 Å². The number of thiophene rings is 1. The predicted molar refractivity (Wildman–Crippen MR) is 95.0 cm³/mol. The summed E-state index contributed by atoms with van der Waals surface area (Å²) in [5.74, 6) is -0.432. The number of rotatable bonds is 5. The van der Waals surface area contributed by atoms with Crippen LogP contribution in [-0.4, -0.2) is 18.8 Å². The van der Waals surface area contributed by atoms with E-state index in [2.05, 4.69) is 16.6 Å². The predicted octanol–water partition coefficient (Wildman–Crippen LogP) is 4.08. The molecule has 0 radical (unpaired) electrons. The standard InChI is InChI=1S/C18H16N2O2S/c1-22-18(21)16(11-13-5-3-2-4-6-13)20-19-15-7-8-17-14(12-15)9-10-23-17/h2-10,12,19H,11H2,1H3/b20-16+. The van der Waals surface area contributed by atoms with Crippen LogP contribution >= 0.6 is 11.3 Å². The van der Waals surface area contributed by atoms with Crippen molar-refractivity contribution in [2.24, 2.45) is 5.10 Å². The van der Waals surface area contributed by atoms with Gasteiger partial charge in [-0.25, -0.2) is 4.79 Å². The molecular formula is C18H16N2O2S. The number of carbonyl (C=O) groups is 1. The Labute approximate surface area is 138 Å². The minimum atomic E-state index is -0.432. The number of ether oxygens (including phenoxy) is 1. The van der Waals surface area contributed by atoms with E-state index in [1.807, 2.05) is 53.9 Å². The molecule has 0 aliphatic rings. The highest BCUT2D eigenvalue weighted by atomic mass is 32.1. The van der Waals surface area contributed by atoms with Crippen molar-refractivity contribution in [2.75, 3.05) is 12.5 Å². The smallest absolute Gasteiger partial charge is 0.354 e. The summed E-state index contributed by atoms with van der Waals surface area (Å²) in [6.45, 7) is 0. The Morgan fingerprint density at radius 3 is 2.78 bits per heavy atom. The second kappa shape index (κ2) is 7.07. The van der Waals surface area contributed by atoms with Crippen molar-refractivity contribution in [3.05, 3.63) is 65.5 Å². The fourth-order valence-electron chi connectivity index (χ4n) is 2.23. The fourth-order valence-corrected chi connectivity index (χ4v) is 3.00. The van der Waals surface area contributed by atoms with E-state index in [4.69, 9.17) is 4.74 Å². The number of hydrogen-bond donors (Lipinski definition) is 1. The van der Waals surface area contributed by atoms with Crippen LogP contribution in [0.25, 0.3) is 10.1 Å². The maximum Gasteiger partial charge on any atom is 0.354 e. The summed E-state index contributed by atoms with van der Waals surface area (Å²) in [5.41, 5.74) is 5.14.